The molecular weight excluding hydrogens is 246 g/mol. The molecule has 1 aromatic heterocycles. The van der Waals surface area contributed by atoms with Gasteiger partial charge >= 0.3 is 0 Å². The van der Waals surface area contributed by atoms with Crippen molar-refractivity contribution in [3.05, 3.63) is 63.6 Å². The van der Waals surface area contributed by atoms with E-state index >= 15 is 0 Å². The highest BCUT2D eigenvalue weighted by atomic mass is 16.6. The van der Waals surface area contributed by atoms with Crippen LogP contribution in [0.2, 0.25) is 0 Å². The number of aliphatic hydroxyl groups excluding tert-OH is 1. The predicted molar refractivity (Wildman–Crippen MR) is 69.8 cm³/mol. The maximum atomic E-state index is 10.5. The number of aliphatic hydroxyl groups is 1. The van der Waals surface area contributed by atoms with Crippen molar-refractivity contribution < 1.29 is 14.4 Å². The van der Waals surface area contributed by atoms with E-state index < -0.39 is 11.0 Å². The SMILES string of the molecule is CCc1ccc(C(O)Cc2ccc([N+](=O)[O-])cc2)o1. The topological polar surface area (TPSA) is 76.5 Å². The van der Waals surface area contributed by atoms with Gasteiger partial charge in [0.1, 0.15) is 17.6 Å². The van der Waals surface area contributed by atoms with E-state index in [4.69, 9.17) is 4.42 Å². The Balaban J connectivity index is 2.05. The number of non-ortho nitro benzene ring substituents is 1. The maximum absolute atomic E-state index is 10.5. The molecule has 0 saturated carbocycles. The number of rotatable bonds is 5. The number of aryl methyl sites for hydroxylation is 1. The lowest BCUT2D eigenvalue weighted by molar-refractivity contribution is -0.384. The molecule has 0 spiro atoms. The molecule has 0 amide bonds. The molecule has 1 heterocycles. The number of hydrogen-bond acceptors (Lipinski definition) is 4. The van der Waals surface area contributed by atoms with Gasteiger partial charge < -0.3 is 9.52 Å². The molecule has 1 atom stereocenters. The molecule has 5 heteroatoms. The van der Waals surface area contributed by atoms with Gasteiger partial charge in [0.25, 0.3) is 5.69 Å². The number of furan rings is 1. The zero-order valence-electron chi connectivity index (χ0n) is 10.6. The highest BCUT2D eigenvalue weighted by molar-refractivity contribution is 5.33. The van der Waals surface area contributed by atoms with Crippen molar-refractivity contribution in [3.63, 3.8) is 0 Å². The molecular formula is C14H15NO4. The second-order valence-electron chi connectivity index (χ2n) is 4.30. The first-order valence-electron chi connectivity index (χ1n) is 6.10. The lowest BCUT2D eigenvalue weighted by Crippen LogP contribution is -2.00. The van der Waals surface area contributed by atoms with Crippen LogP contribution in [-0.2, 0) is 12.8 Å². The van der Waals surface area contributed by atoms with Crippen molar-refractivity contribution in [2.75, 3.05) is 0 Å². The second-order valence-corrected chi connectivity index (χ2v) is 4.30. The number of nitrogens with zero attached hydrogens (tertiary/aromatic N) is 1. The molecule has 0 aliphatic rings. The van der Waals surface area contributed by atoms with Gasteiger partial charge in [-0.25, -0.2) is 0 Å². The monoisotopic (exact) mass is 261 g/mol. The van der Waals surface area contributed by atoms with Crippen molar-refractivity contribution in [1.29, 1.82) is 0 Å². The fourth-order valence-corrected chi connectivity index (χ4v) is 1.84. The number of nitro groups is 1. The first-order valence-corrected chi connectivity index (χ1v) is 6.10. The van der Waals surface area contributed by atoms with Crippen LogP contribution in [0.15, 0.2) is 40.8 Å². The van der Waals surface area contributed by atoms with Crippen LogP contribution in [-0.4, -0.2) is 10.0 Å². The van der Waals surface area contributed by atoms with Crippen LogP contribution >= 0.6 is 0 Å². The summed E-state index contributed by atoms with van der Waals surface area (Å²) in [6.07, 6.45) is 0.417. The van der Waals surface area contributed by atoms with Gasteiger partial charge in [-0.3, -0.25) is 10.1 Å². The highest BCUT2D eigenvalue weighted by Gasteiger charge is 2.13. The summed E-state index contributed by atoms with van der Waals surface area (Å²) in [7, 11) is 0. The van der Waals surface area contributed by atoms with Crippen molar-refractivity contribution in [3.8, 4) is 0 Å². The minimum absolute atomic E-state index is 0.0458. The van der Waals surface area contributed by atoms with Crippen molar-refractivity contribution in [2.24, 2.45) is 0 Å². The van der Waals surface area contributed by atoms with Gasteiger partial charge in [-0.2, -0.15) is 0 Å². The van der Waals surface area contributed by atoms with Crippen molar-refractivity contribution in [2.45, 2.75) is 25.9 Å². The molecule has 2 aromatic rings. The van der Waals surface area contributed by atoms with E-state index in [0.717, 1.165) is 17.7 Å². The van der Waals surface area contributed by atoms with E-state index in [-0.39, 0.29) is 5.69 Å². The van der Waals surface area contributed by atoms with Crippen molar-refractivity contribution >= 4 is 5.69 Å². The summed E-state index contributed by atoms with van der Waals surface area (Å²) in [4.78, 5) is 10.1. The predicted octanol–water partition coefficient (Wildman–Crippen LogP) is 3.03. The fourth-order valence-electron chi connectivity index (χ4n) is 1.84. The number of nitro benzene ring substituents is 1. The van der Waals surface area contributed by atoms with E-state index in [2.05, 4.69) is 0 Å². The van der Waals surface area contributed by atoms with Crippen LogP contribution in [0.25, 0.3) is 0 Å². The highest BCUT2D eigenvalue weighted by Crippen LogP contribution is 2.22. The Kier molecular flexibility index (Phi) is 3.97. The second kappa shape index (κ2) is 5.67. The Bertz CT molecular complexity index is 559. The average Bonchev–Trinajstić information content (AvgIpc) is 2.88. The first kappa shape index (κ1) is 13.3. The number of hydrogen-bond donors (Lipinski definition) is 1. The summed E-state index contributed by atoms with van der Waals surface area (Å²) in [5.41, 5.74) is 0.872. The third-order valence-electron chi connectivity index (χ3n) is 2.94. The molecule has 100 valence electrons. The minimum Gasteiger partial charge on any atom is -0.463 e. The van der Waals surface area contributed by atoms with Crippen molar-refractivity contribution in [1.82, 2.24) is 0 Å². The van der Waals surface area contributed by atoms with Crippen LogP contribution < -0.4 is 0 Å². The van der Waals surface area contributed by atoms with Crippen LogP contribution in [0.5, 0.6) is 0 Å². The van der Waals surface area contributed by atoms with E-state index in [0.29, 0.717) is 12.2 Å². The summed E-state index contributed by atoms with van der Waals surface area (Å²) in [5, 5.41) is 20.6. The van der Waals surface area contributed by atoms with Gasteiger partial charge in [-0.05, 0) is 17.7 Å². The van der Waals surface area contributed by atoms with E-state index in [9.17, 15) is 15.2 Å². The summed E-state index contributed by atoms with van der Waals surface area (Å²) < 4.78 is 5.47. The molecule has 1 N–H and O–H groups in total. The smallest absolute Gasteiger partial charge is 0.269 e. The molecule has 0 bridgehead atoms. The molecule has 0 aliphatic carbocycles. The normalized spacial score (nSPS) is 12.3. The quantitative estimate of drug-likeness (QED) is 0.663. The molecule has 1 unspecified atom stereocenters. The summed E-state index contributed by atoms with van der Waals surface area (Å²) in [6, 6.07) is 9.75. The number of benzene rings is 1. The molecule has 0 fully saturated rings. The first-order chi connectivity index (χ1) is 9.10. The zero-order chi connectivity index (χ0) is 13.8. The summed E-state index contributed by atoms with van der Waals surface area (Å²) in [5.74, 6) is 1.35. The summed E-state index contributed by atoms with van der Waals surface area (Å²) in [6.45, 7) is 1.98. The zero-order valence-corrected chi connectivity index (χ0v) is 10.6. The average molecular weight is 261 g/mol. The lowest BCUT2D eigenvalue weighted by Gasteiger charge is -2.07. The minimum atomic E-state index is -0.734. The molecule has 2 rings (SSSR count). The Hall–Kier alpha value is -2.14. The lowest BCUT2D eigenvalue weighted by atomic mass is 10.1. The maximum Gasteiger partial charge on any atom is 0.269 e. The molecule has 0 aliphatic heterocycles. The standard InChI is InChI=1S/C14H15NO4/c1-2-12-7-8-14(19-12)13(16)9-10-3-5-11(6-4-10)15(17)18/h3-8,13,16H,2,9H2,1H3. The third kappa shape index (κ3) is 3.20. The Morgan fingerprint density at radius 3 is 2.47 bits per heavy atom. The van der Waals surface area contributed by atoms with Gasteiger partial charge in [0.05, 0.1) is 4.92 Å². The third-order valence-corrected chi connectivity index (χ3v) is 2.94. The fraction of sp³-hybridized carbons (Fsp3) is 0.286. The van der Waals surface area contributed by atoms with Crippen LogP contribution in [0.1, 0.15) is 30.1 Å². The molecule has 19 heavy (non-hydrogen) atoms. The molecule has 0 saturated heterocycles. The van der Waals surface area contributed by atoms with Gasteiger partial charge in [-0.15, -0.1) is 0 Å². The van der Waals surface area contributed by atoms with E-state index in [1.54, 1.807) is 18.2 Å². The van der Waals surface area contributed by atoms with Gasteiger partial charge in [0.15, 0.2) is 0 Å². The van der Waals surface area contributed by atoms with Gasteiger partial charge in [0.2, 0.25) is 0 Å². The van der Waals surface area contributed by atoms with Crippen LogP contribution in [0.4, 0.5) is 5.69 Å². The summed E-state index contributed by atoms with van der Waals surface area (Å²) >= 11 is 0. The Morgan fingerprint density at radius 1 is 1.26 bits per heavy atom. The molecule has 1 aromatic carbocycles. The van der Waals surface area contributed by atoms with Gasteiger partial charge in [-0.1, -0.05) is 19.1 Å². The van der Waals surface area contributed by atoms with E-state index in [1.165, 1.54) is 12.1 Å². The largest absolute Gasteiger partial charge is 0.463 e. The van der Waals surface area contributed by atoms with Gasteiger partial charge in [0, 0.05) is 25.0 Å². The Morgan fingerprint density at radius 2 is 1.95 bits per heavy atom. The molecule has 5 nitrogen and oxygen atoms in total. The van der Waals surface area contributed by atoms with E-state index in [1.807, 2.05) is 13.0 Å². The van der Waals surface area contributed by atoms with Crippen LogP contribution in [0, 0.1) is 10.1 Å². The Labute approximate surface area is 110 Å². The van der Waals surface area contributed by atoms with Crippen LogP contribution in [0.3, 0.4) is 0 Å². The molecule has 0 radical (unpaired) electrons.